The van der Waals surface area contributed by atoms with E-state index in [0.29, 0.717) is 6.61 Å². The van der Waals surface area contributed by atoms with Gasteiger partial charge >= 0.3 is 0 Å². The van der Waals surface area contributed by atoms with Gasteiger partial charge in [-0.2, -0.15) is 0 Å². The lowest BCUT2D eigenvalue weighted by Gasteiger charge is -2.02. The van der Waals surface area contributed by atoms with Crippen molar-refractivity contribution in [3.63, 3.8) is 0 Å². The maximum Gasteiger partial charge on any atom is 0.140 e. The molecule has 0 aliphatic rings. The molecule has 0 fully saturated rings. The molecule has 1 N–H and O–H groups in total. The van der Waals surface area contributed by atoms with E-state index in [2.05, 4.69) is 22.6 Å². The Labute approximate surface area is 105 Å². The monoisotopic (exact) mass is 248 g/mol. The van der Waals surface area contributed by atoms with Gasteiger partial charge in [0.2, 0.25) is 0 Å². The SMILES string of the molecule is CCNCc1csc(COc2ccccc2)n1. The smallest absolute Gasteiger partial charge is 0.140 e. The molecule has 0 aliphatic carbocycles. The van der Waals surface area contributed by atoms with Crippen LogP contribution in [0.5, 0.6) is 5.75 Å². The Morgan fingerprint density at radius 3 is 2.88 bits per heavy atom. The number of hydrogen-bond donors (Lipinski definition) is 1. The Kier molecular flexibility index (Phi) is 4.53. The second-order valence-electron chi connectivity index (χ2n) is 3.61. The fourth-order valence-electron chi connectivity index (χ4n) is 1.41. The first-order chi connectivity index (χ1) is 8.38. The summed E-state index contributed by atoms with van der Waals surface area (Å²) in [7, 11) is 0. The number of hydrogen-bond acceptors (Lipinski definition) is 4. The molecular formula is C13H16N2OS. The molecule has 0 saturated heterocycles. The maximum absolute atomic E-state index is 5.64. The molecule has 3 nitrogen and oxygen atoms in total. The first kappa shape index (κ1) is 12.1. The number of nitrogens with zero attached hydrogens (tertiary/aromatic N) is 1. The van der Waals surface area contributed by atoms with E-state index in [-0.39, 0.29) is 0 Å². The summed E-state index contributed by atoms with van der Waals surface area (Å²) in [6.07, 6.45) is 0. The van der Waals surface area contributed by atoms with Crippen molar-refractivity contribution in [1.29, 1.82) is 0 Å². The van der Waals surface area contributed by atoms with Crippen molar-refractivity contribution < 1.29 is 4.74 Å². The molecule has 0 radical (unpaired) electrons. The molecule has 0 amide bonds. The molecule has 1 aromatic carbocycles. The van der Waals surface area contributed by atoms with Gasteiger partial charge in [-0.3, -0.25) is 0 Å². The van der Waals surface area contributed by atoms with E-state index in [4.69, 9.17) is 4.74 Å². The Bertz CT molecular complexity index is 442. The molecule has 17 heavy (non-hydrogen) atoms. The Balaban J connectivity index is 1.85. The van der Waals surface area contributed by atoms with E-state index in [0.717, 1.165) is 29.5 Å². The highest BCUT2D eigenvalue weighted by Crippen LogP contribution is 2.14. The van der Waals surface area contributed by atoms with Crippen LogP contribution < -0.4 is 10.1 Å². The highest BCUT2D eigenvalue weighted by atomic mass is 32.1. The van der Waals surface area contributed by atoms with Crippen LogP contribution in [-0.4, -0.2) is 11.5 Å². The number of benzene rings is 1. The highest BCUT2D eigenvalue weighted by Gasteiger charge is 2.02. The van der Waals surface area contributed by atoms with Crippen molar-refractivity contribution in [3.05, 3.63) is 46.4 Å². The summed E-state index contributed by atoms with van der Waals surface area (Å²) >= 11 is 1.64. The summed E-state index contributed by atoms with van der Waals surface area (Å²) in [6.45, 7) is 4.43. The molecule has 1 heterocycles. The molecule has 2 aromatic rings. The summed E-state index contributed by atoms with van der Waals surface area (Å²) in [6, 6.07) is 9.81. The van der Waals surface area contributed by atoms with Gasteiger partial charge in [-0.25, -0.2) is 4.98 Å². The summed E-state index contributed by atoms with van der Waals surface area (Å²) in [5, 5.41) is 6.35. The van der Waals surface area contributed by atoms with Crippen molar-refractivity contribution >= 4 is 11.3 Å². The van der Waals surface area contributed by atoms with E-state index in [1.165, 1.54) is 0 Å². The fraction of sp³-hybridized carbons (Fsp3) is 0.308. The molecule has 2 rings (SSSR count). The van der Waals surface area contributed by atoms with Gasteiger partial charge in [-0.05, 0) is 18.7 Å². The summed E-state index contributed by atoms with van der Waals surface area (Å²) in [5.41, 5.74) is 1.09. The molecule has 0 aliphatic heterocycles. The number of rotatable bonds is 6. The van der Waals surface area contributed by atoms with Crippen LogP contribution in [0.15, 0.2) is 35.7 Å². The number of thiazole rings is 1. The lowest BCUT2D eigenvalue weighted by Crippen LogP contribution is -2.12. The third-order valence-corrected chi connectivity index (χ3v) is 3.13. The van der Waals surface area contributed by atoms with E-state index < -0.39 is 0 Å². The standard InChI is InChI=1S/C13H16N2OS/c1-2-14-8-11-10-17-13(15-11)9-16-12-6-4-3-5-7-12/h3-7,10,14H,2,8-9H2,1H3. The second-order valence-corrected chi connectivity index (χ2v) is 4.56. The Morgan fingerprint density at radius 2 is 2.12 bits per heavy atom. The minimum Gasteiger partial charge on any atom is -0.486 e. The largest absolute Gasteiger partial charge is 0.486 e. The number of ether oxygens (including phenoxy) is 1. The summed E-state index contributed by atoms with van der Waals surface area (Å²) in [5.74, 6) is 0.885. The minimum atomic E-state index is 0.542. The molecule has 0 unspecified atom stereocenters. The van der Waals surface area contributed by atoms with Crippen molar-refractivity contribution in [2.75, 3.05) is 6.54 Å². The Hall–Kier alpha value is -1.39. The van der Waals surface area contributed by atoms with Crippen LogP contribution in [0.2, 0.25) is 0 Å². The first-order valence-corrected chi connectivity index (χ1v) is 6.58. The van der Waals surface area contributed by atoms with E-state index in [9.17, 15) is 0 Å². The predicted molar refractivity (Wildman–Crippen MR) is 70.3 cm³/mol. The molecule has 0 saturated carbocycles. The van der Waals surface area contributed by atoms with Gasteiger partial charge in [0.1, 0.15) is 17.4 Å². The average molecular weight is 248 g/mol. The molecule has 90 valence electrons. The van der Waals surface area contributed by atoms with E-state index in [1.54, 1.807) is 11.3 Å². The zero-order valence-electron chi connectivity index (χ0n) is 9.85. The first-order valence-electron chi connectivity index (χ1n) is 5.70. The normalized spacial score (nSPS) is 10.4. The van der Waals surface area contributed by atoms with Gasteiger partial charge in [0.15, 0.2) is 0 Å². The summed E-state index contributed by atoms with van der Waals surface area (Å²) in [4.78, 5) is 4.49. The molecular weight excluding hydrogens is 232 g/mol. The third-order valence-electron chi connectivity index (χ3n) is 2.26. The topological polar surface area (TPSA) is 34.1 Å². The summed E-state index contributed by atoms with van der Waals surface area (Å²) < 4.78 is 5.64. The third kappa shape index (κ3) is 3.84. The minimum absolute atomic E-state index is 0.542. The van der Waals surface area contributed by atoms with Crippen molar-refractivity contribution in [2.24, 2.45) is 0 Å². The van der Waals surface area contributed by atoms with Crippen LogP contribution in [0, 0.1) is 0 Å². The zero-order chi connectivity index (χ0) is 11.9. The highest BCUT2D eigenvalue weighted by molar-refractivity contribution is 7.09. The second kappa shape index (κ2) is 6.37. The maximum atomic E-state index is 5.64. The van der Waals surface area contributed by atoms with E-state index in [1.807, 2.05) is 30.3 Å². The van der Waals surface area contributed by atoms with Crippen LogP contribution in [0.1, 0.15) is 17.6 Å². The number of nitrogens with one attached hydrogen (secondary N) is 1. The van der Waals surface area contributed by atoms with Gasteiger partial charge < -0.3 is 10.1 Å². The van der Waals surface area contributed by atoms with Crippen LogP contribution in [0.3, 0.4) is 0 Å². The lowest BCUT2D eigenvalue weighted by atomic mass is 10.3. The molecule has 1 aromatic heterocycles. The van der Waals surface area contributed by atoms with E-state index >= 15 is 0 Å². The van der Waals surface area contributed by atoms with Crippen LogP contribution >= 0.6 is 11.3 Å². The van der Waals surface area contributed by atoms with Gasteiger partial charge in [0.05, 0.1) is 5.69 Å². The molecule has 4 heteroatoms. The molecule has 0 spiro atoms. The van der Waals surface area contributed by atoms with Crippen molar-refractivity contribution in [1.82, 2.24) is 10.3 Å². The Morgan fingerprint density at radius 1 is 1.29 bits per heavy atom. The molecule has 0 atom stereocenters. The zero-order valence-corrected chi connectivity index (χ0v) is 10.7. The van der Waals surface area contributed by atoms with Crippen LogP contribution in [-0.2, 0) is 13.2 Å². The van der Waals surface area contributed by atoms with Gasteiger partial charge in [-0.1, -0.05) is 25.1 Å². The number of para-hydroxylation sites is 1. The molecule has 0 bridgehead atoms. The predicted octanol–water partition coefficient (Wildman–Crippen LogP) is 2.83. The number of aromatic nitrogens is 1. The fourth-order valence-corrected chi connectivity index (χ4v) is 2.12. The van der Waals surface area contributed by atoms with Gasteiger partial charge in [-0.15, -0.1) is 11.3 Å². The van der Waals surface area contributed by atoms with Crippen LogP contribution in [0.25, 0.3) is 0 Å². The quantitative estimate of drug-likeness (QED) is 0.853. The van der Waals surface area contributed by atoms with Crippen molar-refractivity contribution in [3.8, 4) is 5.75 Å². The van der Waals surface area contributed by atoms with Crippen LogP contribution in [0.4, 0.5) is 0 Å². The van der Waals surface area contributed by atoms with Gasteiger partial charge in [0.25, 0.3) is 0 Å². The lowest BCUT2D eigenvalue weighted by molar-refractivity contribution is 0.305. The average Bonchev–Trinajstić information content (AvgIpc) is 2.83. The van der Waals surface area contributed by atoms with Crippen molar-refractivity contribution in [2.45, 2.75) is 20.1 Å². The van der Waals surface area contributed by atoms with Gasteiger partial charge in [0, 0.05) is 11.9 Å².